The molecule has 152 valence electrons. The second kappa shape index (κ2) is 11.0. The summed E-state index contributed by atoms with van der Waals surface area (Å²) >= 11 is 1.31. The minimum atomic E-state index is -0.314. The monoisotopic (exact) mass is 422 g/mol. The van der Waals surface area contributed by atoms with Gasteiger partial charge in [-0.25, -0.2) is 4.79 Å². The molecular formula is C20H27ClN4O2S. The Bertz CT molecular complexity index is 761. The number of thiophene rings is 1. The number of para-hydroxylation sites is 1. The summed E-state index contributed by atoms with van der Waals surface area (Å²) in [5.41, 5.74) is 0.725. The summed E-state index contributed by atoms with van der Waals surface area (Å²) in [5.74, 6) is 0.703. The second-order valence-corrected chi connectivity index (χ2v) is 7.74. The fourth-order valence-corrected chi connectivity index (χ4v) is 4.03. The maximum absolute atomic E-state index is 12.7. The van der Waals surface area contributed by atoms with Crippen molar-refractivity contribution in [1.82, 2.24) is 10.2 Å². The Morgan fingerprint density at radius 2 is 1.79 bits per heavy atom. The van der Waals surface area contributed by atoms with E-state index in [0.717, 1.165) is 44.7 Å². The molecule has 8 heteroatoms. The molecule has 0 bridgehead atoms. The highest BCUT2D eigenvalue weighted by atomic mass is 35.5. The van der Waals surface area contributed by atoms with Crippen LogP contribution in [-0.2, 0) is 0 Å². The van der Waals surface area contributed by atoms with Crippen molar-refractivity contribution in [3.8, 4) is 0 Å². The largest absolute Gasteiger partial charge is 0.338 e. The second-order valence-electron chi connectivity index (χ2n) is 6.65. The molecule has 3 N–H and O–H groups in total. The van der Waals surface area contributed by atoms with Gasteiger partial charge in [-0.3, -0.25) is 10.1 Å². The van der Waals surface area contributed by atoms with Gasteiger partial charge in [0.15, 0.2) is 0 Å². The number of benzene rings is 1. The fourth-order valence-electron chi connectivity index (χ4n) is 3.16. The molecule has 0 unspecified atom stereocenters. The standard InChI is InChI=1S/C20H26N4O2S.ClH/c1-2-21-14-15-10-12-24(13-11-15)19(25)17-8-9-18(27-17)23-20(26)22-16-6-4-3-5-7-16;/h3-9,15,21H,2,10-14H2,1H3,(H2,22,23,26);1H. The first kappa shape index (κ1) is 22.2. The molecule has 0 spiro atoms. The Kier molecular flexibility index (Phi) is 8.76. The Morgan fingerprint density at radius 3 is 2.46 bits per heavy atom. The lowest BCUT2D eigenvalue weighted by molar-refractivity contribution is 0.0695. The molecule has 1 fully saturated rings. The zero-order chi connectivity index (χ0) is 19.1. The van der Waals surface area contributed by atoms with Gasteiger partial charge in [0, 0.05) is 18.8 Å². The predicted molar refractivity (Wildman–Crippen MR) is 118 cm³/mol. The maximum atomic E-state index is 12.7. The summed E-state index contributed by atoms with van der Waals surface area (Å²) in [7, 11) is 0. The lowest BCUT2D eigenvalue weighted by Crippen LogP contribution is -2.40. The van der Waals surface area contributed by atoms with E-state index in [1.165, 1.54) is 11.3 Å². The number of rotatable bonds is 6. The van der Waals surface area contributed by atoms with E-state index in [1.54, 1.807) is 12.1 Å². The highest BCUT2D eigenvalue weighted by molar-refractivity contribution is 7.18. The fraction of sp³-hybridized carbons (Fsp3) is 0.400. The SMILES string of the molecule is CCNCC1CCN(C(=O)c2ccc(NC(=O)Nc3ccccc3)s2)CC1.Cl. The van der Waals surface area contributed by atoms with Crippen molar-refractivity contribution < 1.29 is 9.59 Å². The number of piperidine rings is 1. The molecule has 6 nitrogen and oxygen atoms in total. The number of halogens is 1. The lowest BCUT2D eigenvalue weighted by Gasteiger charge is -2.31. The van der Waals surface area contributed by atoms with Crippen molar-refractivity contribution in [3.63, 3.8) is 0 Å². The average Bonchev–Trinajstić information content (AvgIpc) is 3.15. The highest BCUT2D eigenvalue weighted by Gasteiger charge is 2.24. The first-order valence-corrected chi connectivity index (χ1v) is 10.2. The van der Waals surface area contributed by atoms with Gasteiger partial charge in [0.1, 0.15) is 0 Å². The number of anilines is 2. The number of nitrogens with zero attached hydrogens (tertiary/aromatic N) is 1. The van der Waals surface area contributed by atoms with E-state index < -0.39 is 0 Å². The number of urea groups is 1. The van der Waals surface area contributed by atoms with E-state index in [4.69, 9.17) is 0 Å². The van der Waals surface area contributed by atoms with Crippen molar-refractivity contribution in [2.24, 2.45) is 5.92 Å². The zero-order valence-corrected chi connectivity index (χ0v) is 17.6. The van der Waals surface area contributed by atoms with E-state index >= 15 is 0 Å². The molecule has 1 aliphatic rings. The van der Waals surface area contributed by atoms with Gasteiger partial charge in [-0.1, -0.05) is 25.1 Å². The van der Waals surface area contributed by atoms with Gasteiger partial charge in [-0.2, -0.15) is 0 Å². The number of likely N-dealkylation sites (tertiary alicyclic amines) is 1. The smallest absolute Gasteiger partial charge is 0.324 e. The van der Waals surface area contributed by atoms with Gasteiger partial charge in [0.25, 0.3) is 5.91 Å². The number of carbonyl (C=O) groups is 2. The summed E-state index contributed by atoms with van der Waals surface area (Å²) in [6.07, 6.45) is 2.07. The molecule has 1 aromatic heterocycles. The topological polar surface area (TPSA) is 73.5 Å². The summed E-state index contributed by atoms with van der Waals surface area (Å²) in [6, 6.07) is 12.5. The van der Waals surface area contributed by atoms with E-state index in [1.807, 2.05) is 35.2 Å². The number of hydrogen-bond donors (Lipinski definition) is 3. The van der Waals surface area contributed by atoms with Crippen LogP contribution < -0.4 is 16.0 Å². The Hall–Kier alpha value is -2.09. The van der Waals surface area contributed by atoms with Crippen molar-refractivity contribution in [2.45, 2.75) is 19.8 Å². The first-order valence-electron chi connectivity index (χ1n) is 9.38. The van der Waals surface area contributed by atoms with Crippen LogP contribution in [0.3, 0.4) is 0 Å². The van der Waals surface area contributed by atoms with Gasteiger partial charge >= 0.3 is 6.03 Å². The van der Waals surface area contributed by atoms with E-state index in [2.05, 4.69) is 22.9 Å². The molecule has 0 saturated carbocycles. The zero-order valence-electron chi connectivity index (χ0n) is 15.9. The molecule has 2 heterocycles. The van der Waals surface area contributed by atoms with Crippen molar-refractivity contribution >= 4 is 46.4 Å². The summed E-state index contributed by atoms with van der Waals surface area (Å²) in [5, 5.41) is 9.60. The van der Waals surface area contributed by atoms with Crippen LogP contribution in [-0.4, -0.2) is 43.0 Å². The third-order valence-electron chi connectivity index (χ3n) is 4.67. The Labute approximate surface area is 176 Å². The van der Waals surface area contributed by atoms with Gasteiger partial charge in [-0.05, 0) is 56.1 Å². The molecule has 2 aromatic rings. The van der Waals surface area contributed by atoms with Crippen molar-refractivity contribution in [3.05, 3.63) is 47.3 Å². The van der Waals surface area contributed by atoms with Gasteiger partial charge < -0.3 is 15.5 Å². The predicted octanol–water partition coefficient (Wildman–Crippen LogP) is 4.28. The normalized spacial score (nSPS) is 14.2. The van der Waals surface area contributed by atoms with Gasteiger partial charge in [0.2, 0.25) is 0 Å². The van der Waals surface area contributed by atoms with E-state index in [-0.39, 0.29) is 24.3 Å². The third kappa shape index (κ3) is 6.22. The quantitative estimate of drug-likeness (QED) is 0.650. The molecule has 0 atom stereocenters. The van der Waals surface area contributed by atoms with Crippen LogP contribution in [0, 0.1) is 5.92 Å². The molecule has 0 radical (unpaired) electrons. The van der Waals surface area contributed by atoms with Crippen LogP contribution in [0.5, 0.6) is 0 Å². The van der Waals surface area contributed by atoms with Crippen LogP contribution in [0.15, 0.2) is 42.5 Å². The van der Waals surface area contributed by atoms with Crippen LogP contribution in [0.25, 0.3) is 0 Å². The van der Waals surface area contributed by atoms with Crippen LogP contribution in [0.1, 0.15) is 29.4 Å². The lowest BCUT2D eigenvalue weighted by atomic mass is 9.96. The summed E-state index contributed by atoms with van der Waals surface area (Å²) in [4.78, 5) is 27.4. The summed E-state index contributed by atoms with van der Waals surface area (Å²) < 4.78 is 0. The molecule has 3 rings (SSSR count). The van der Waals surface area contributed by atoms with E-state index in [9.17, 15) is 9.59 Å². The van der Waals surface area contributed by atoms with Crippen LogP contribution >= 0.6 is 23.7 Å². The number of carbonyl (C=O) groups excluding carboxylic acids is 2. The molecule has 3 amide bonds. The number of hydrogen-bond acceptors (Lipinski definition) is 4. The van der Waals surface area contributed by atoms with Crippen LogP contribution in [0.4, 0.5) is 15.5 Å². The first-order chi connectivity index (χ1) is 13.2. The van der Waals surface area contributed by atoms with E-state index in [0.29, 0.717) is 15.8 Å². The average molecular weight is 423 g/mol. The maximum Gasteiger partial charge on any atom is 0.324 e. The Balaban J connectivity index is 0.00000280. The van der Waals surface area contributed by atoms with Crippen LogP contribution in [0.2, 0.25) is 0 Å². The summed E-state index contributed by atoms with van der Waals surface area (Å²) in [6.45, 7) is 5.72. The van der Waals surface area contributed by atoms with Crippen molar-refractivity contribution in [1.29, 1.82) is 0 Å². The molecule has 1 aromatic carbocycles. The van der Waals surface area contributed by atoms with Gasteiger partial charge in [0.05, 0.1) is 9.88 Å². The van der Waals surface area contributed by atoms with Gasteiger partial charge in [-0.15, -0.1) is 23.7 Å². The third-order valence-corrected chi connectivity index (χ3v) is 5.66. The molecular weight excluding hydrogens is 396 g/mol. The molecule has 0 aliphatic carbocycles. The Morgan fingerprint density at radius 1 is 1.07 bits per heavy atom. The molecule has 1 aliphatic heterocycles. The number of amides is 3. The molecule has 28 heavy (non-hydrogen) atoms. The minimum absolute atomic E-state index is 0. The van der Waals surface area contributed by atoms with Crippen molar-refractivity contribution in [2.75, 3.05) is 36.8 Å². The minimum Gasteiger partial charge on any atom is -0.338 e. The highest BCUT2D eigenvalue weighted by Crippen LogP contribution is 2.25. The number of nitrogens with one attached hydrogen (secondary N) is 3. The molecule has 1 saturated heterocycles.